The van der Waals surface area contributed by atoms with Gasteiger partial charge in [-0.15, -0.1) is 0 Å². The molecule has 7 nitrogen and oxygen atoms in total. The van der Waals surface area contributed by atoms with Crippen LogP contribution in [0.2, 0.25) is 0 Å². The molecule has 2 aliphatic rings. The average Bonchev–Trinajstić information content (AvgIpc) is 2.82. The minimum atomic E-state index is -0.900. The number of carbonyl (C=O) groups excluding carboxylic acids is 1. The first-order chi connectivity index (χ1) is 11.4. The van der Waals surface area contributed by atoms with Gasteiger partial charge in [0.2, 0.25) is 0 Å². The molecular formula is C17H26N4O3. The van der Waals surface area contributed by atoms with E-state index >= 15 is 0 Å². The molecule has 0 bridgehead atoms. The number of piperazine rings is 1. The Morgan fingerprint density at radius 2 is 1.79 bits per heavy atom. The molecule has 0 spiro atoms. The molecule has 1 aromatic heterocycles. The largest absolute Gasteiger partial charge is 0.480 e. The second-order valence-electron chi connectivity index (χ2n) is 7.17. The molecule has 24 heavy (non-hydrogen) atoms. The van der Waals surface area contributed by atoms with Gasteiger partial charge in [0.25, 0.3) is 5.91 Å². The molecule has 0 aromatic carbocycles. The zero-order chi connectivity index (χ0) is 17.3. The summed E-state index contributed by atoms with van der Waals surface area (Å²) in [5.74, 6) is 0.202. The fraction of sp³-hybridized carbons (Fsp3) is 0.706. The summed E-state index contributed by atoms with van der Waals surface area (Å²) in [6.45, 7) is 6.54. The Labute approximate surface area is 142 Å². The van der Waals surface area contributed by atoms with Crippen LogP contribution in [0.4, 0.5) is 0 Å². The Morgan fingerprint density at radius 1 is 1.08 bits per heavy atom. The minimum absolute atomic E-state index is 0.0171. The lowest BCUT2D eigenvalue weighted by Crippen LogP contribution is -2.58. The number of aliphatic carboxylic acids is 1. The number of imidazole rings is 1. The molecule has 0 radical (unpaired) electrons. The van der Waals surface area contributed by atoms with E-state index in [1.54, 1.807) is 20.0 Å². The quantitative estimate of drug-likeness (QED) is 0.899. The van der Waals surface area contributed by atoms with Crippen molar-refractivity contribution in [2.75, 3.05) is 26.2 Å². The summed E-state index contributed by atoms with van der Waals surface area (Å²) in [4.78, 5) is 32.4. The molecule has 1 saturated heterocycles. The van der Waals surface area contributed by atoms with Gasteiger partial charge >= 0.3 is 5.97 Å². The number of nitrogens with zero attached hydrogens (tertiary/aromatic N) is 4. The maximum absolute atomic E-state index is 12.9. The molecule has 0 saturated carbocycles. The third-order valence-corrected chi connectivity index (χ3v) is 5.32. The molecular weight excluding hydrogens is 308 g/mol. The number of fused-ring (bicyclic) bond motifs is 1. The normalized spacial score (nSPS) is 19.7. The van der Waals surface area contributed by atoms with E-state index in [1.165, 1.54) is 6.42 Å². The van der Waals surface area contributed by atoms with Gasteiger partial charge in [0, 0.05) is 39.1 Å². The Morgan fingerprint density at radius 3 is 2.46 bits per heavy atom. The van der Waals surface area contributed by atoms with Gasteiger partial charge in [0.05, 0.1) is 6.20 Å². The molecule has 1 fully saturated rings. The molecule has 7 heteroatoms. The SMILES string of the molecule is CC(C)(C(=O)O)N1CCN(C(=O)c2cnc3n2CCCCC3)CC1. The number of carbonyl (C=O) groups is 2. The highest BCUT2D eigenvalue weighted by atomic mass is 16.4. The summed E-state index contributed by atoms with van der Waals surface area (Å²) in [7, 11) is 0. The van der Waals surface area contributed by atoms with Crippen LogP contribution in [0.25, 0.3) is 0 Å². The predicted molar refractivity (Wildman–Crippen MR) is 89.0 cm³/mol. The van der Waals surface area contributed by atoms with Crippen molar-refractivity contribution < 1.29 is 14.7 Å². The maximum Gasteiger partial charge on any atom is 0.323 e. The van der Waals surface area contributed by atoms with Crippen LogP contribution in [0.15, 0.2) is 6.20 Å². The summed E-state index contributed by atoms with van der Waals surface area (Å²) in [5.41, 5.74) is -0.221. The van der Waals surface area contributed by atoms with Gasteiger partial charge in [0.1, 0.15) is 17.1 Å². The summed E-state index contributed by atoms with van der Waals surface area (Å²) in [6, 6.07) is 0. The monoisotopic (exact) mass is 334 g/mol. The predicted octanol–water partition coefficient (Wildman–Crippen LogP) is 1.23. The van der Waals surface area contributed by atoms with E-state index in [-0.39, 0.29) is 5.91 Å². The van der Waals surface area contributed by atoms with E-state index in [2.05, 4.69) is 9.55 Å². The number of aryl methyl sites for hydroxylation is 1. The number of hydrogen-bond acceptors (Lipinski definition) is 4. The van der Waals surface area contributed by atoms with E-state index in [1.807, 2.05) is 9.80 Å². The van der Waals surface area contributed by atoms with E-state index in [0.29, 0.717) is 31.9 Å². The Hall–Kier alpha value is -1.89. The second-order valence-corrected chi connectivity index (χ2v) is 7.17. The number of carboxylic acids is 1. The van der Waals surface area contributed by atoms with Gasteiger partial charge in [-0.1, -0.05) is 6.42 Å². The van der Waals surface area contributed by atoms with Crippen LogP contribution in [-0.4, -0.2) is 68.1 Å². The van der Waals surface area contributed by atoms with Crippen LogP contribution in [0.3, 0.4) is 0 Å². The molecule has 2 aliphatic heterocycles. The summed E-state index contributed by atoms with van der Waals surface area (Å²) >= 11 is 0. The number of carboxylic acid groups (broad SMARTS) is 1. The van der Waals surface area contributed by atoms with Crippen LogP contribution >= 0.6 is 0 Å². The lowest BCUT2D eigenvalue weighted by Gasteiger charge is -2.41. The summed E-state index contributed by atoms with van der Waals surface area (Å²) < 4.78 is 2.07. The fourth-order valence-corrected chi connectivity index (χ4v) is 3.53. The molecule has 132 valence electrons. The van der Waals surface area contributed by atoms with Gasteiger partial charge in [-0.05, 0) is 26.7 Å². The molecule has 0 unspecified atom stereocenters. The van der Waals surface area contributed by atoms with Crippen molar-refractivity contribution >= 4 is 11.9 Å². The molecule has 1 N–H and O–H groups in total. The molecule has 0 aliphatic carbocycles. The minimum Gasteiger partial charge on any atom is -0.480 e. The lowest BCUT2D eigenvalue weighted by molar-refractivity contribution is -0.150. The molecule has 3 heterocycles. The molecule has 1 aromatic rings. The summed E-state index contributed by atoms with van der Waals surface area (Å²) in [5, 5.41) is 9.34. The van der Waals surface area contributed by atoms with Crippen LogP contribution < -0.4 is 0 Å². The molecule has 1 amide bonds. The zero-order valence-corrected chi connectivity index (χ0v) is 14.5. The fourth-order valence-electron chi connectivity index (χ4n) is 3.53. The van der Waals surface area contributed by atoms with Gasteiger partial charge < -0.3 is 14.6 Å². The van der Waals surface area contributed by atoms with Crippen molar-refractivity contribution in [1.82, 2.24) is 19.4 Å². The number of aromatic nitrogens is 2. The first-order valence-corrected chi connectivity index (χ1v) is 8.73. The average molecular weight is 334 g/mol. The Kier molecular flexibility index (Phi) is 4.62. The highest BCUT2D eigenvalue weighted by molar-refractivity contribution is 5.92. The van der Waals surface area contributed by atoms with Crippen LogP contribution in [0.5, 0.6) is 0 Å². The Bertz CT molecular complexity index is 630. The number of amides is 1. The van der Waals surface area contributed by atoms with Gasteiger partial charge in [-0.25, -0.2) is 4.98 Å². The third-order valence-electron chi connectivity index (χ3n) is 5.32. The topological polar surface area (TPSA) is 78.7 Å². The van der Waals surface area contributed by atoms with Crippen molar-refractivity contribution in [3.05, 3.63) is 17.7 Å². The van der Waals surface area contributed by atoms with Crippen molar-refractivity contribution in [3.8, 4) is 0 Å². The highest BCUT2D eigenvalue weighted by Gasteiger charge is 2.37. The van der Waals surface area contributed by atoms with E-state index in [0.717, 1.165) is 31.6 Å². The summed E-state index contributed by atoms with van der Waals surface area (Å²) in [6.07, 6.45) is 6.04. The first kappa shape index (κ1) is 17.0. The van der Waals surface area contributed by atoms with Crippen molar-refractivity contribution in [3.63, 3.8) is 0 Å². The maximum atomic E-state index is 12.9. The number of hydrogen-bond donors (Lipinski definition) is 1. The van der Waals surface area contributed by atoms with Crippen LogP contribution in [0.1, 0.15) is 49.4 Å². The molecule has 3 rings (SSSR count). The van der Waals surface area contributed by atoms with Crippen molar-refractivity contribution in [2.24, 2.45) is 0 Å². The van der Waals surface area contributed by atoms with Gasteiger partial charge in [-0.3, -0.25) is 14.5 Å². The smallest absolute Gasteiger partial charge is 0.323 e. The van der Waals surface area contributed by atoms with E-state index in [4.69, 9.17) is 0 Å². The van der Waals surface area contributed by atoms with Crippen molar-refractivity contribution in [1.29, 1.82) is 0 Å². The van der Waals surface area contributed by atoms with Crippen LogP contribution in [-0.2, 0) is 17.8 Å². The van der Waals surface area contributed by atoms with Gasteiger partial charge in [-0.2, -0.15) is 0 Å². The van der Waals surface area contributed by atoms with Gasteiger partial charge in [0.15, 0.2) is 0 Å². The Balaban J connectivity index is 1.68. The van der Waals surface area contributed by atoms with Crippen molar-refractivity contribution in [2.45, 2.75) is 51.6 Å². The lowest BCUT2D eigenvalue weighted by atomic mass is 10.0. The van der Waals surface area contributed by atoms with E-state index < -0.39 is 11.5 Å². The standard InChI is InChI=1S/C17H26N4O3/c1-17(2,16(23)24)20-10-8-19(9-11-20)15(22)13-12-18-14-6-4-3-5-7-21(13)14/h12H,3-11H2,1-2H3,(H,23,24). The zero-order valence-electron chi connectivity index (χ0n) is 14.5. The number of rotatable bonds is 3. The van der Waals surface area contributed by atoms with E-state index in [9.17, 15) is 14.7 Å². The second kappa shape index (κ2) is 6.55. The van der Waals surface area contributed by atoms with Crippen LogP contribution in [0, 0.1) is 0 Å². The first-order valence-electron chi connectivity index (χ1n) is 8.73. The highest BCUT2D eigenvalue weighted by Crippen LogP contribution is 2.20. The molecule has 0 atom stereocenters. The third kappa shape index (κ3) is 3.05.